The van der Waals surface area contributed by atoms with Gasteiger partial charge in [0.2, 0.25) is 0 Å². The van der Waals surface area contributed by atoms with Crippen molar-refractivity contribution in [3.8, 4) is 5.75 Å². The summed E-state index contributed by atoms with van der Waals surface area (Å²) in [5.41, 5.74) is 6.41. The second kappa shape index (κ2) is 5.35. The first-order chi connectivity index (χ1) is 8.58. The van der Waals surface area contributed by atoms with Crippen LogP contribution in [0.15, 0.2) is 41.0 Å². The molecular weight excluding hydrogens is 299 g/mol. The number of pyridine rings is 1. The van der Waals surface area contributed by atoms with E-state index in [4.69, 9.17) is 10.5 Å². The van der Waals surface area contributed by atoms with Gasteiger partial charge < -0.3 is 10.5 Å². The van der Waals surface area contributed by atoms with E-state index in [-0.39, 0.29) is 11.9 Å². The number of aromatic nitrogens is 1. The minimum atomic E-state index is -0.332. The highest BCUT2D eigenvalue weighted by Gasteiger charge is 2.13. The molecule has 0 saturated heterocycles. The molecule has 5 heteroatoms. The Morgan fingerprint density at radius 1 is 1.39 bits per heavy atom. The van der Waals surface area contributed by atoms with Gasteiger partial charge in [-0.3, -0.25) is 0 Å². The molecule has 0 amide bonds. The van der Waals surface area contributed by atoms with Crippen molar-refractivity contribution < 1.29 is 9.13 Å². The van der Waals surface area contributed by atoms with Crippen LogP contribution in [-0.4, -0.2) is 4.98 Å². The van der Waals surface area contributed by atoms with E-state index in [1.165, 1.54) is 12.1 Å². The van der Waals surface area contributed by atoms with Gasteiger partial charge in [0.1, 0.15) is 11.9 Å². The maximum Gasteiger partial charge on any atom is 0.166 e. The van der Waals surface area contributed by atoms with Crippen molar-refractivity contribution in [1.29, 1.82) is 0 Å². The van der Waals surface area contributed by atoms with Crippen LogP contribution >= 0.6 is 15.9 Å². The highest BCUT2D eigenvalue weighted by atomic mass is 79.9. The van der Waals surface area contributed by atoms with E-state index in [1.54, 1.807) is 24.4 Å². The number of hydrogen-bond acceptors (Lipinski definition) is 3. The average molecular weight is 311 g/mol. The van der Waals surface area contributed by atoms with Gasteiger partial charge in [-0.1, -0.05) is 15.9 Å². The number of halogens is 2. The molecule has 1 atom stereocenters. The van der Waals surface area contributed by atoms with Crippen LogP contribution in [0.5, 0.6) is 5.75 Å². The SMILES string of the molecule is C[C@H](Oc1cccnc1N)c1cc(F)ccc1Br. The third-order valence-corrected chi connectivity index (χ3v) is 3.22. The number of ether oxygens (including phenoxy) is 1. The average Bonchev–Trinajstić information content (AvgIpc) is 2.35. The number of nitrogens with two attached hydrogens (primary N) is 1. The van der Waals surface area contributed by atoms with Gasteiger partial charge in [-0.15, -0.1) is 0 Å². The van der Waals surface area contributed by atoms with Crippen molar-refractivity contribution in [2.45, 2.75) is 13.0 Å². The fraction of sp³-hybridized carbons (Fsp3) is 0.154. The molecule has 0 aliphatic rings. The van der Waals surface area contributed by atoms with Gasteiger partial charge in [-0.05, 0) is 37.3 Å². The number of hydrogen-bond donors (Lipinski definition) is 1. The molecular formula is C13H12BrFN2O. The van der Waals surface area contributed by atoms with Crippen LogP contribution in [0.4, 0.5) is 10.2 Å². The summed E-state index contributed by atoms with van der Waals surface area (Å²) in [6.45, 7) is 1.83. The summed E-state index contributed by atoms with van der Waals surface area (Å²) in [6.07, 6.45) is 1.26. The Morgan fingerprint density at radius 3 is 2.89 bits per heavy atom. The monoisotopic (exact) mass is 310 g/mol. The Kier molecular flexibility index (Phi) is 3.81. The fourth-order valence-corrected chi connectivity index (χ4v) is 2.15. The Balaban J connectivity index is 2.25. The molecule has 2 N–H and O–H groups in total. The van der Waals surface area contributed by atoms with Crippen LogP contribution in [-0.2, 0) is 0 Å². The summed E-state index contributed by atoms with van der Waals surface area (Å²) >= 11 is 3.37. The van der Waals surface area contributed by atoms with E-state index in [2.05, 4.69) is 20.9 Å². The molecule has 0 aliphatic carbocycles. The van der Waals surface area contributed by atoms with Crippen LogP contribution in [0.3, 0.4) is 0 Å². The first-order valence-corrected chi connectivity index (χ1v) is 6.19. The molecule has 0 radical (unpaired) electrons. The van der Waals surface area contributed by atoms with Gasteiger partial charge in [0, 0.05) is 16.2 Å². The van der Waals surface area contributed by atoms with Crippen LogP contribution in [0.25, 0.3) is 0 Å². The molecule has 1 heterocycles. The number of nitrogens with zero attached hydrogens (tertiary/aromatic N) is 1. The molecule has 1 aromatic carbocycles. The first-order valence-electron chi connectivity index (χ1n) is 5.40. The maximum absolute atomic E-state index is 13.2. The highest BCUT2D eigenvalue weighted by molar-refractivity contribution is 9.10. The standard InChI is InChI=1S/C13H12BrFN2O/c1-8(10-7-9(15)4-5-11(10)14)18-12-3-2-6-17-13(12)16/h2-8H,1H3,(H2,16,17)/t8-/m0/s1. The van der Waals surface area contributed by atoms with Gasteiger partial charge in [-0.2, -0.15) is 0 Å². The number of benzene rings is 1. The smallest absolute Gasteiger partial charge is 0.166 e. The predicted octanol–water partition coefficient (Wildman–Crippen LogP) is 3.71. The summed E-state index contributed by atoms with van der Waals surface area (Å²) < 4.78 is 19.7. The van der Waals surface area contributed by atoms with Gasteiger partial charge >= 0.3 is 0 Å². The Hall–Kier alpha value is -1.62. The molecule has 3 nitrogen and oxygen atoms in total. The van der Waals surface area contributed by atoms with Crippen molar-refractivity contribution in [2.75, 3.05) is 5.73 Å². The lowest BCUT2D eigenvalue weighted by Gasteiger charge is -2.17. The van der Waals surface area contributed by atoms with Crippen molar-refractivity contribution in [3.05, 3.63) is 52.4 Å². The Bertz CT molecular complexity index is 562. The fourth-order valence-electron chi connectivity index (χ4n) is 1.58. The molecule has 0 spiro atoms. The van der Waals surface area contributed by atoms with Gasteiger partial charge in [0.05, 0.1) is 0 Å². The van der Waals surface area contributed by atoms with Crippen molar-refractivity contribution in [3.63, 3.8) is 0 Å². The lowest BCUT2D eigenvalue weighted by molar-refractivity contribution is 0.226. The van der Waals surface area contributed by atoms with Gasteiger partial charge in [0.15, 0.2) is 11.6 Å². The van der Waals surface area contributed by atoms with Crippen molar-refractivity contribution in [2.24, 2.45) is 0 Å². The minimum absolute atomic E-state index is 0.303. The van der Waals surface area contributed by atoms with Gasteiger partial charge in [-0.25, -0.2) is 9.37 Å². The molecule has 0 aliphatic heterocycles. The number of anilines is 1. The van der Waals surface area contributed by atoms with Crippen molar-refractivity contribution >= 4 is 21.7 Å². The first kappa shape index (κ1) is 12.8. The summed E-state index contributed by atoms with van der Waals surface area (Å²) in [7, 11) is 0. The zero-order valence-corrected chi connectivity index (χ0v) is 11.3. The molecule has 0 fully saturated rings. The molecule has 18 heavy (non-hydrogen) atoms. The summed E-state index contributed by atoms with van der Waals surface area (Å²) in [5.74, 6) is 0.501. The summed E-state index contributed by atoms with van der Waals surface area (Å²) in [5, 5.41) is 0. The number of rotatable bonds is 3. The topological polar surface area (TPSA) is 48.1 Å². The quantitative estimate of drug-likeness (QED) is 0.940. The normalized spacial score (nSPS) is 12.2. The highest BCUT2D eigenvalue weighted by Crippen LogP contribution is 2.29. The zero-order valence-electron chi connectivity index (χ0n) is 9.73. The van der Waals surface area contributed by atoms with E-state index in [0.717, 1.165) is 10.0 Å². The van der Waals surface area contributed by atoms with E-state index in [9.17, 15) is 4.39 Å². The molecule has 2 aromatic rings. The largest absolute Gasteiger partial charge is 0.482 e. The maximum atomic E-state index is 13.2. The molecule has 2 rings (SSSR count). The van der Waals surface area contributed by atoms with E-state index in [1.807, 2.05) is 6.92 Å². The third kappa shape index (κ3) is 2.79. The Labute approximate surface area is 113 Å². The Morgan fingerprint density at radius 2 is 2.17 bits per heavy atom. The molecule has 0 unspecified atom stereocenters. The lowest BCUT2D eigenvalue weighted by Crippen LogP contribution is -2.06. The predicted molar refractivity (Wildman–Crippen MR) is 71.8 cm³/mol. The van der Waals surface area contributed by atoms with Crippen LogP contribution in [0, 0.1) is 5.82 Å². The summed E-state index contributed by atoms with van der Waals surface area (Å²) in [6, 6.07) is 7.93. The summed E-state index contributed by atoms with van der Waals surface area (Å²) in [4.78, 5) is 3.93. The second-order valence-corrected chi connectivity index (χ2v) is 4.67. The van der Waals surface area contributed by atoms with Crippen molar-refractivity contribution in [1.82, 2.24) is 4.98 Å². The van der Waals surface area contributed by atoms with Gasteiger partial charge in [0.25, 0.3) is 0 Å². The third-order valence-electron chi connectivity index (χ3n) is 2.50. The zero-order chi connectivity index (χ0) is 13.1. The van der Waals surface area contributed by atoms with E-state index >= 15 is 0 Å². The number of nitrogen functional groups attached to an aromatic ring is 1. The molecule has 94 valence electrons. The molecule has 0 saturated carbocycles. The lowest BCUT2D eigenvalue weighted by atomic mass is 10.1. The molecule has 0 bridgehead atoms. The van der Waals surface area contributed by atoms with E-state index in [0.29, 0.717) is 11.6 Å². The molecule has 1 aromatic heterocycles. The minimum Gasteiger partial charge on any atom is -0.482 e. The van der Waals surface area contributed by atoms with Crippen LogP contribution in [0.2, 0.25) is 0 Å². The van der Waals surface area contributed by atoms with Crippen LogP contribution < -0.4 is 10.5 Å². The second-order valence-electron chi connectivity index (χ2n) is 3.81. The van der Waals surface area contributed by atoms with Crippen LogP contribution in [0.1, 0.15) is 18.6 Å². The van der Waals surface area contributed by atoms with E-state index < -0.39 is 0 Å².